The molecule has 0 heterocycles. The molecular weight excluding hydrogens is 174 g/mol. The van der Waals surface area contributed by atoms with E-state index in [1.54, 1.807) is 0 Å². The highest BCUT2D eigenvalue weighted by molar-refractivity contribution is 4.69. The van der Waals surface area contributed by atoms with Gasteiger partial charge in [-0.25, -0.2) is 0 Å². The molecule has 86 valence electrons. The molecule has 2 unspecified atom stereocenters. The zero-order valence-electron chi connectivity index (χ0n) is 10.5. The molecule has 0 amide bonds. The van der Waals surface area contributed by atoms with Gasteiger partial charge in [0.05, 0.1) is 6.10 Å². The van der Waals surface area contributed by atoms with Crippen LogP contribution in [-0.4, -0.2) is 25.8 Å². The Balaban J connectivity index is 3.47. The van der Waals surface area contributed by atoms with Gasteiger partial charge in [0.15, 0.2) is 0 Å². The van der Waals surface area contributed by atoms with Crippen molar-refractivity contribution in [3.63, 3.8) is 0 Å². The van der Waals surface area contributed by atoms with Gasteiger partial charge in [-0.15, -0.1) is 0 Å². The number of ether oxygens (including phenoxy) is 1. The molecule has 0 bridgehead atoms. The molecule has 0 aliphatic heterocycles. The van der Waals surface area contributed by atoms with Crippen LogP contribution in [-0.2, 0) is 4.74 Å². The minimum absolute atomic E-state index is 0.331. The second-order valence-corrected chi connectivity index (χ2v) is 4.42. The highest BCUT2D eigenvalue weighted by Gasteiger charge is 2.12. The summed E-state index contributed by atoms with van der Waals surface area (Å²) in [5.41, 5.74) is 0. The molecule has 0 saturated heterocycles. The van der Waals surface area contributed by atoms with Crippen LogP contribution in [0.3, 0.4) is 0 Å². The lowest BCUT2D eigenvalue weighted by Gasteiger charge is -2.22. The van der Waals surface area contributed by atoms with Crippen LogP contribution < -0.4 is 5.32 Å². The summed E-state index contributed by atoms with van der Waals surface area (Å²) in [6.45, 7) is 9.75. The minimum Gasteiger partial charge on any atom is -0.377 e. The van der Waals surface area contributed by atoms with Crippen LogP contribution in [0.5, 0.6) is 0 Å². The highest BCUT2D eigenvalue weighted by atomic mass is 16.5. The second-order valence-electron chi connectivity index (χ2n) is 4.42. The van der Waals surface area contributed by atoms with Gasteiger partial charge in [0, 0.05) is 12.6 Å². The topological polar surface area (TPSA) is 21.3 Å². The molecule has 14 heavy (non-hydrogen) atoms. The molecule has 0 rings (SSSR count). The van der Waals surface area contributed by atoms with Crippen LogP contribution >= 0.6 is 0 Å². The lowest BCUT2D eigenvalue weighted by molar-refractivity contribution is 0.0365. The van der Waals surface area contributed by atoms with Gasteiger partial charge in [-0.05, 0) is 39.2 Å². The molecule has 0 aromatic carbocycles. The predicted octanol–water partition coefficient (Wildman–Crippen LogP) is 2.83. The van der Waals surface area contributed by atoms with Crippen molar-refractivity contribution in [2.75, 3.05) is 13.7 Å². The van der Waals surface area contributed by atoms with Crippen LogP contribution in [0.4, 0.5) is 0 Å². The van der Waals surface area contributed by atoms with Crippen molar-refractivity contribution in [2.24, 2.45) is 5.92 Å². The van der Waals surface area contributed by atoms with Gasteiger partial charge in [0.2, 0.25) is 0 Å². The largest absolute Gasteiger partial charge is 0.377 e. The molecule has 2 atom stereocenters. The fourth-order valence-electron chi connectivity index (χ4n) is 1.65. The van der Waals surface area contributed by atoms with Crippen LogP contribution in [0.25, 0.3) is 0 Å². The zero-order valence-corrected chi connectivity index (χ0v) is 10.5. The first kappa shape index (κ1) is 13.9. The van der Waals surface area contributed by atoms with Crippen LogP contribution in [0.1, 0.15) is 47.0 Å². The maximum absolute atomic E-state index is 5.77. The Bertz CT molecular complexity index is 121. The molecule has 0 saturated carbocycles. The molecule has 2 nitrogen and oxygen atoms in total. The first-order valence-electron chi connectivity index (χ1n) is 5.90. The van der Waals surface area contributed by atoms with Gasteiger partial charge in [0.25, 0.3) is 0 Å². The third-order valence-corrected chi connectivity index (χ3v) is 2.68. The number of hydrogen-bond donors (Lipinski definition) is 1. The Hall–Kier alpha value is -0.0800. The number of rotatable bonds is 8. The Kier molecular flexibility index (Phi) is 8.20. The Morgan fingerprint density at radius 1 is 1.21 bits per heavy atom. The maximum Gasteiger partial charge on any atom is 0.0699 e. The van der Waals surface area contributed by atoms with E-state index in [0.717, 1.165) is 18.9 Å². The van der Waals surface area contributed by atoms with E-state index < -0.39 is 0 Å². The SMILES string of the molecule is CCC(NC)C(C)OCCCC(C)C. The van der Waals surface area contributed by atoms with Gasteiger partial charge in [0.1, 0.15) is 0 Å². The molecule has 1 N–H and O–H groups in total. The second kappa shape index (κ2) is 8.25. The summed E-state index contributed by atoms with van der Waals surface area (Å²) in [7, 11) is 2.00. The van der Waals surface area contributed by atoms with E-state index >= 15 is 0 Å². The molecule has 0 fully saturated rings. The van der Waals surface area contributed by atoms with Crippen molar-refractivity contribution < 1.29 is 4.74 Å². The molecule has 2 heteroatoms. The van der Waals surface area contributed by atoms with Crippen molar-refractivity contribution in [1.82, 2.24) is 5.32 Å². The van der Waals surface area contributed by atoms with E-state index in [0.29, 0.717) is 12.1 Å². The molecule has 0 aliphatic rings. The molecular formula is C12H27NO. The lowest BCUT2D eigenvalue weighted by Crippen LogP contribution is -2.37. The first-order valence-corrected chi connectivity index (χ1v) is 5.90. The van der Waals surface area contributed by atoms with E-state index in [4.69, 9.17) is 4.74 Å². The fraction of sp³-hybridized carbons (Fsp3) is 1.00. The van der Waals surface area contributed by atoms with Gasteiger partial charge in [-0.1, -0.05) is 20.8 Å². The summed E-state index contributed by atoms with van der Waals surface area (Å²) >= 11 is 0. The Morgan fingerprint density at radius 3 is 2.29 bits per heavy atom. The Morgan fingerprint density at radius 2 is 1.86 bits per heavy atom. The average molecular weight is 201 g/mol. The number of nitrogens with one attached hydrogen (secondary N) is 1. The normalized spacial score (nSPS) is 15.9. The van der Waals surface area contributed by atoms with Gasteiger partial charge in [-0.3, -0.25) is 0 Å². The van der Waals surface area contributed by atoms with Gasteiger partial charge < -0.3 is 10.1 Å². The molecule has 0 aromatic heterocycles. The van der Waals surface area contributed by atoms with Crippen molar-refractivity contribution >= 4 is 0 Å². The summed E-state index contributed by atoms with van der Waals surface area (Å²) in [4.78, 5) is 0. The molecule has 0 spiro atoms. The predicted molar refractivity (Wildman–Crippen MR) is 62.6 cm³/mol. The fourth-order valence-corrected chi connectivity index (χ4v) is 1.65. The van der Waals surface area contributed by atoms with E-state index in [1.807, 2.05) is 7.05 Å². The third kappa shape index (κ3) is 6.39. The minimum atomic E-state index is 0.331. The van der Waals surface area contributed by atoms with Crippen LogP contribution in [0, 0.1) is 5.92 Å². The molecule has 0 radical (unpaired) electrons. The number of hydrogen-bond acceptors (Lipinski definition) is 2. The van der Waals surface area contributed by atoms with Crippen molar-refractivity contribution in [3.8, 4) is 0 Å². The Labute approximate surface area is 89.4 Å². The summed E-state index contributed by atoms with van der Waals surface area (Å²) in [6, 6.07) is 0.494. The standard InChI is InChI=1S/C12H27NO/c1-6-12(13-5)11(4)14-9-7-8-10(2)3/h10-13H,6-9H2,1-5H3. The van der Waals surface area contributed by atoms with E-state index in [-0.39, 0.29) is 0 Å². The summed E-state index contributed by atoms with van der Waals surface area (Å²) < 4.78 is 5.77. The van der Waals surface area contributed by atoms with Crippen LogP contribution in [0.2, 0.25) is 0 Å². The van der Waals surface area contributed by atoms with Gasteiger partial charge >= 0.3 is 0 Å². The van der Waals surface area contributed by atoms with E-state index in [2.05, 4.69) is 33.0 Å². The van der Waals surface area contributed by atoms with Crippen LogP contribution in [0.15, 0.2) is 0 Å². The zero-order chi connectivity index (χ0) is 11.0. The van der Waals surface area contributed by atoms with Gasteiger partial charge in [-0.2, -0.15) is 0 Å². The monoisotopic (exact) mass is 201 g/mol. The number of likely N-dealkylation sites (N-methyl/N-ethyl adjacent to an activating group) is 1. The van der Waals surface area contributed by atoms with Crippen molar-refractivity contribution in [1.29, 1.82) is 0 Å². The van der Waals surface area contributed by atoms with Crippen molar-refractivity contribution in [2.45, 2.75) is 59.1 Å². The first-order chi connectivity index (χ1) is 6.61. The highest BCUT2D eigenvalue weighted by Crippen LogP contribution is 2.07. The summed E-state index contributed by atoms with van der Waals surface area (Å²) in [5.74, 6) is 0.792. The summed E-state index contributed by atoms with van der Waals surface area (Å²) in [6.07, 6.45) is 3.91. The van der Waals surface area contributed by atoms with Crippen molar-refractivity contribution in [3.05, 3.63) is 0 Å². The van der Waals surface area contributed by atoms with E-state index in [1.165, 1.54) is 12.8 Å². The molecule has 0 aromatic rings. The lowest BCUT2D eigenvalue weighted by atomic mass is 10.1. The smallest absolute Gasteiger partial charge is 0.0699 e. The summed E-state index contributed by atoms with van der Waals surface area (Å²) in [5, 5.41) is 3.28. The molecule has 0 aliphatic carbocycles. The average Bonchev–Trinajstić information content (AvgIpc) is 2.14. The maximum atomic E-state index is 5.77. The quantitative estimate of drug-likeness (QED) is 0.610. The van der Waals surface area contributed by atoms with E-state index in [9.17, 15) is 0 Å². The third-order valence-electron chi connectivity index (χ3n) is 2.68.